The SMILES string of the molecule is C[C@H](CO)N1C[C@H](C)[C@@H](CN(C)Cc2ccc(Oc3ccccc3)cc2)Oc2ccc(NS(=O)(=O)c3cccs3)cc2C1=O. The highest BCUT2D eigenvalue weighted by Gasteiger charge is 2.34. The van der Waals surface area contributed by atoms with Crippen molar-refractivity contribution in [1.29, 1.82) is 0 Å². The molecule has 232 valence electrons. The highest BCUT2D eigenvalue weighted by Crippen LogP contribution is 2.32. The second-order valence-electron chi connectivity index (χ2n) is 11.1. The number of likely N-dealkylation sites (N-methyl/N-ethyl adjacent to an activating group) is 1. The quantitative estimate of drug-likeness (QED) is 0.218. The lowest BCUT2D eigenvalue weighted by Crippen LogP contribution is -2.49. The zero-order valence-electron chi connectivity index (χ0n) is 24.9. The molecule has 0 bridgehead atoms. The van der Waals surface area contributed by atoms with Crippen LogP contribution in [0.3, 0.4) is 0 Å². The summed E-state index contributed by atoms with van der Waals surface area (Å²) in [6, 6.07) is 25.1. The highest BCUT2D eigenvalue weighted by atomic mass is 32.2. The van der Waals surface area contributed by atoms with Crippen LogP contribution in [-0.2, 0) is 16.6 Å². The molecule has 2 heterocycles. The Balaban J connectivity index is 1.33. The Morgan fingerprint density at radius 1 is 1.07 bits per heavy atom. The van der Waals surface area contributed by atoms with Crippen LogP contribution in [0.25, 0.3) is 0 Å². The minimum Gasteiger partial charge on any atom is -0.488 e. The average molecular weight is 636 g/mol. The first-order valence-electron chi connectivity index (χ1n) is 14.4. The number of fused-ring (bicyclic) bond motifs is 1. The van der Waals surface area contributed by atoms with Gasteiger partial charge in [-0.3, -0.25) is 14.4 Å². The van der Waals surface area contributed by atoms with Gasteiger partial charge in [-0.15, -0.1) is 11.3 Å². The molecule has 1 aromatic heterocycles. The number of aliphatic hydroxyl groups excluding tert-OH is 1. The van der Waals surface area contributed by atoms with Gasteiger partial charge in [-0.25, -0.2) is 8.42 Å². The maximum absolute atomic E-state index is 13.7. The van der Waals surface area contributed by atoms with E-state index in [1.54, 1.807) is 35.4 Å². The summed E-state index contributed by atoms with van der Waals surface area (Å²) in [5.41, 5.74) is 1.61. The molecule has 1 amide bonds. The molecule has 3 atom stereocenters. The third-order valence-corrected chi connectivity index (χ3v) is 10.3. The largest absolute Gasteiger partial charge is 0.488 e. The molecule has 2 N–H and O–H groups in total. The third kappa shape index (κ3) is 7.59. The van der Waals surface area contributed by atoms with Gasteiger partial charge >= 0.3 is 0 Å². The number of para-hydroxylation sites is 1. The van der Waals surface area contributed by atoms with E-state index in [2.05, 4.69) is 9.62 Å². The molecule has 3 aromatic carbocycles. The van der Waals surface area contributed by atoms with Gasteiger partial charge in [0.1, 0.15) is 27.6 Å². The molecule has 0 aliphatic carbocycles. The molecule has 0 saturated carbocycles. The number of nitrogens with zero attached hydrogens (tertiary/aromatic N) is 2. The number of hydrogen-bond acceptors (Lipinski definition) is 8. The van der Waals surface area contributed by atoms with E-state index < -0.39 is 16.1 Å². The zero-order chi connectivity index (χ0) is 31.3. The lowest BCUT2D eigenvalue weighted by atomic mass is 9.99. The fourth-order valence-electron chi connectivity index (χ4n) is 5.10. The second kappa shape index (κ2) is 13.8. The smallest absolute Gasteiger partial charge is 0.271 e. The molecule has 11 heteroatoms. The topological polar surface area (TPSA) is 108 Å². The number of rotatable bonds is 11. The Hall–Kier alpha value is -3.90. The van der Waals surface area contributed by atoms with Crippen LogP contribution in [-0.4, -0.2) is 68.1 Å². The van der Waals surface area contributed by atoms with Crippen LogP contribution in [0.5, 0.6) is 17.2 Å². The van der Waals surface area contributed by atoms with Gasteiger partial charge in [0.2, 0.25) is 0 Å². The Morgan fingerprint density at radius 3 is 2.48 bits per heavy atom. The number of anilines is 1. The summed E-state index contributed by atoms with van der Waals surface area (Å²) in [7, 11) is -1.78. The highest BCUT2D eigenvalue weighted by molar-refractivity contribution is 7.94. The molecule has 5 rings (SSSR count). The number of amides is 1. The lowest BCUT2D eigenvalue weighted by Gasteiger charge is -2.38. The van der Waals surface area contributed by atoms with Crippen LogP contribution >= 0.6 is 11.3 Å². The normalized spacial score (nSPS) is 17.8. The van der Waals surface area contributed by atoms with Crippen LogP contribution in [0.4, 0.5) is 5.69 Å². The number of nitrogens with one attached hydrogen (secondary N) is 1. The van der Waals surface area contributed by atoms with E-state index in [-0.39, 0.29) is 40.0 Å². The van der Waals surface area contributed by atoms with E-state index in [4.69, 9.17) is 9.47 Å². The predicted octanol–water partition coefficient (Wildman–Crippen LogP) is 5.69. The van der Waals surface area contributed by atoms with Crippen molar-refractivity contribution in [2.75, 3.05) is 31.5 Å². The fraction of sp³-hybridized carbons (Fsp3) is 0.303. The van der Waals surface area contributed by atoms with Crippen molar-refractivity contribution in [2.45, 2.75) is 36.7 Å². The van der Waals surface area contributed by atoms with E-state index >= 15 is 0 Å². The first-order chi connectivity index (χ1) is 21.1. The van der Waals surface area contributed by atoms with Gasteiger partial charge in [-0.2, -0.15) is 0 Å². The molecule has 0 fully saturated rings. The first-order valence-corrected chi connectivity index (χ1v) is 16.8. The van der Waals surface area contributed by atoms with Gasteiger partial charge in [0.05, 0.1) is 18.2 Å². The Bertz CT molecular complexity index is 1650. The fourth-order valence-corrected chi connectivity index (χ4v) is 7.14. The van der Waals surface area contributed by atoms with Gasteiger partial charge in [0.15, 0.2) is 0 Å². The molecule has 0 radical (unpaired) electrons. The summed E-state index contributed by atoms with van der Waals surface area (Å²) in [5, 5.41) is 11.6. The van der Waals surface area contributed by atoms with E-state index in [0.29, 0.717) is 25.4 Å². The van der Waals surface area contributed by atoms with Crippen molar-refractivity contribution in [2.24, 2.45) is 5.92 Å². The van der Waals surface area contributed by atoms with Crippen molar-refractivity contribution in [1.82, 2.24) is 9.80 Å². The molecule has 9 nitrogen and oxygen atoms in total. The maximum Gasteiger partial charge on any atom is 0.271 e. The standard InChI is InChI=1S/C33H37N3O6S2/c1-23-19-36(24(2)22-37)33(38)29-18-26(34-44(39,40)32-10-7-17-43-32)13-16-30(29)42-31(23)21-35(3)20-25-11-14-28(15-12-25)41-27-8-5-4-6-9-27/h4-18,23-24,31,34,37H,19-22H2,1-3H3/t23-,24+,31+/m0/s1. The van der Waals surface area contributed by atoms with Crippen molar-refractivity contribution in [3.63, 3.8) is 0 Å². The molecular formula is C33H37N3O6S2. The second-order valence-corrected chi connectivity index (χ2v) is 14.0. The van der Waals surface area contributed by atoms with Crippen molar-refractivity contribution >= 4 is 33.0 Å². The van der Waals surface area contributed by atoms with Gasteiger partial charge in [-0.05, 0) is 73.4 Å². The third-order valence-electron chi connectivity index (χ3n) is 7.52. The summed E-state index contributed by atoms with van der Waals surface area (Å²) in [6.45, 7) is 5.24. The number of carbonyl (C=O) groups excluding carboxylic acids is 1. The van der Waals surface area contributed by atoms with E-state index in [0.717, 1.165) is 28.4 Å². The summed E-state index contributed by atoms with van der Waals surface area (Å²) in [5.74, 6) is 1.54. The van der Waals surface area contributed by atoms with Crippen molar-refractivity contribution in [3.8, 4) is 17.2 Å². The maximum atomic E-state index is 13.7. The molecule has 0 saturated heterocycles. The Morgan fingerprint density at radius 2 is 1.80 bits per heavy atom. The van der Waals surface area contributed by atoms with Crippen LogP contribution in [0, 0.1) is 5.92 Å². The molecule has 1 aliphatic heterocycles. The minimum absolute atomic E-state index is 0.0535. The molecular weight excluding hydrogens is 599 g/mol. The summed E-state index contributed by atoms with van der Waals surface area (Å²) >= 11 is 1.11. The molecule has 4 aromatic rings. The minimum atomic E-state index is -3.80. The number of thiophene rings is 1. The number of ether oxygens (including phenoxy) is 2. The predicted molar refractivity (Wildman–Crippen MR) is 172 cm³/mol. The Labute approximate surface area is 262 Å². The van der Waals surface area contributed by atoms with E-state index in [1.165, 1.54) is 12.1 Å². The van der Waals surface area contributed by atoms with Crippen molar-refractivity contribution in [3.05, 3.63) is 101 Å². The van der Waals surface area contributed by atoms with E-state index in [1.807, 2.05) is 68.6 Å². The summed E-state index contributed by atoms with van der Waals surface area (Å²) in [4.78, 5) is 17.5. The van der Waals surface area contributed by atoms with E-state index in [9.17, 15) is 18.3 Å². The first kappa shape index (κ1) is 31.5. The summed E-state index contributed by atoms with van der Waals surface area (Å²) < 4.78 is 40.8. The van der Waals surface area contributed by atoms with Crippen LogP contribution in [0.1, 0.15) is 29.8 Å². The number of aliphatic hydroxyl groups is 1. The lowest BCUT2D eigenvalue weighted by molar-refractivity contribution is 0.0341. The molecule has 1 aliphatic rings. The zero-order valence-corrected chi connectivity index (χ0v) is 26.6. The number of carbonyl (C=O) groups is 1. The molecule has 0 unspecified atom stereocenters. The van der Waals surface area contributed by atoms with Gasteiger partial charge in [0.25, 0.3) is 15.9 Å². The van der Waals surface area contributed by atoms with Gasteiger partial charge < -0.3 is 19.5 Å². The van der Waals surface area contributed by atoms with Crippen LogP contribution in [0.15, 0.2) is 94.5 Å². The van der Waals surface area contributed by atoms with Crippen LogP contribution < -0.4 is 14.2 Å². The molecule has 0 spiro atoms. The summed E-state index contributed by atoms with van der Waals surface area (Å²) in [6.07, 6.45) is -0.283. The number of hydrogen-bond donors (Lipinski definition) is 2. The average Bonchev–Trinajstić information content (AvgIpc) is 3.57. The monoisotopic (exact) mass is 635 g/mol. The van der Waals surface area contributed by atoms with Gasteiger partial charge in [-0.1, -0.05) is 43.3 Å². The number of benzene rings is 3. The Kier molecular flexibility index (Phi) is 9.90. The number of sulfonamides is 1. The molecule has 44 heavy (non-hydrogen) atoms. The van der Waals surface area contributed by atoms with Gasteiger partial charge in [0, 0.05) is 31.2 Å². The van der Waals surface area contributed by atoms with Crippen molar-refractivity contribution < 1.29 is 27.8 Å². The van der Waals surface area contributed by atoms with Crippen LogP contribution in [0.2, 0.25) is 0 Å².